The van der Waals surface area contributed by atoms with Crippen molar-refractivity contribution in [1.82, 2.24) is 4.98 Å². The summed E-state index contributed by atoms with van der Waals surface area (Å²) in [7, 11) is 3.00. The molecular formula is C22H17F3N2O4S. The van der Waals surface area contributed by atoms with Gasteiger partial charge in [-0.25, -0.2) is 4.98 Å². The van der Waals surface area contributed by atoms with Crippen LogP contribution in [0.2, 0.25) is 0 Å². The van der Waals surface area contributed by atoms with Crippen LogP contribution in [0.3, 0.4) is 0 Å². The number of halogens is 3. The second-order valence-corrected chi connectivity index (χ2v) is 7.67. The van der Waals surface area contributed by atoms with E-state index in [1.54, 1.807) is 24.3 Å². The summed E-state index contributed by atoms with van der Waals surface area (Å²) in [4.78, 5) is 19.2. The summed E-state index contributed by atoms with van der Waals surface area (Å²) in [5.41, 5.74) is -0.549. The van der Waals surface area contributed by atoms with Crippen molar-refractivity contribution in [2.45, 2.75) is 12.7 Å². The van der Waals surface area contributed by atoms with E-state index in [-0.39, 0.29) is 17.2 Å². The maximum Gasteiger partial charge on any atom is 0.416 e. The molecule has 166 valence electrons. The second-order valence-electron chi connectivity index (χ2n) is 6.69. The maximum atomic E-state index is 13.4. The van der Waals surface area contributed by atoms with E-state index in [1.165, 1.54) is 48.9 Å². The normalized spacial score (nSPS) is 11.5. The quantitative estimate of drug-likeness (QED) is 0.364. The summed E-state index contributed by atoms with van der Waals surface area (Å²) in [5.74, 6) is 0.815. The number of hydrogen-bond acceptors (Lipinski definition) is 6. The molecule has 0 fully saturated rings. The number of methoxy groups -OCH3 is 2. The van der Waals surface area contributed by atoms with Gasteiger partial charge < -0.3 is 13.9 Å². The van der Waals surface area contributed by atoms with Crippen LogP contribution in [0.15, 0.2) is 59.2 Å². The molecule has 0 bridgehead atoms. The van der Waals surface area contributed by atoms with Crippen LogP contribution in [0.1, 0.15) is 21.7 Å². The first-order valence-corrected chi connectivity index (χ1v) is 10.2. The number of fused-ring (bicyclic) bond motifs is 1. The van der Waals surface area contributed by atoms with Crippen molar-refractivity contribution in [3.63, 3.8) is 0 Å². The van der Waals surface area contributed by atoms with Crippen LogP contribution in [0, 0.1) is 0 Å². The average Bonchev–Trinajstić information content (AvgIpc) is 3.45. The molecule has 10 heteroatoms. The first kappa shape index (κ1) is 21.7. The van der Waals surface area contributed by atoms with E-state index in [9.17, 15) is 18.0 Å². The second kappa shape index (κ2) is 8.54. The molecule has 0 radical (unpaired) electrons. The van der Waals surface area contributed by atoms with Gasteiger partial charge in [0.15, 0.2) is 5.13 Å². The summed E-state index contributed by atoms with van der Waals surface area (Å²) in [6, 6.07) is 11.0. The van der Waals surface area contributed by atoms with Gasteiger partial charge in [-0.2, -0.15) is 13.2 Å². The van der Waals surface area contributed by atoms with Crippen molar-refractivity contribution in [3.05, 3.63) is 71.7 Å². The van der Waals surface area contributed by atoms with Crippen LogP contribution < -0.4 is 14.4 Å². The summed E-state index contributed by atoms with van der Waals surface area (Å²) < 4.78 is 56.3. The van der Waals surface area contributed by atoms with Crippen molar-refractivity contribution in [1.29, 1.82) is 0 Å². The zero-order valence-electron chi connectivity index (χ0n) is 17.0. The number of benzene rings is 2. The van der Waals surface area contributed by atoms with Crippen molar-refractivity contribution < 1.29 is 31.9 Å². The van der Waals surface area contributed by atoms with Gasteiger partial charge in [0, 0.05) is 5.56 Å². The molecule has 2 aromatic heterocycles. The highest BCUT2D eigenvalue weighted by molar-refractivity contribution is 7.22. The van der Waals surface area contributed by atoms with E-state index in [0.29, 0.717) is 27.5 Å². The molecule has 0 aliphatic carbocycles. The standard InChI is InChI=1S/C22H17F3N2O4S/c1-29-16-8-9-17(30-2)19-18(16)26-21(32-19)27(12-15-7-4-10-31-15)20(28)13-5-3-6-14(11-13)22(23,24)25/h3-11H,12H2,1-2H3. The number of rotatable bonds is 6. The summed E-state index contributed by atoms with van der Waals surface area (Å²) in [5, 5.41) is 0.265. The molecule has 2 heterocycles. The molecule has 0 atom stereocenters. The van der Waals surface area contributed by atoms with Gasteiger partial charge in [0.2, 0.25) is 0 Å². The van der Waals surface area contributed by atoms with Crippen LogP contribution in [0.4, 0.5) is 18.3 Å². The predicted octanol–water partition coefficient (Wildman–Crippen LogP) is 5.77. The smallest absolute Gasteiger partial charge is 0.416 e. The van der Waals surface area contributed by atoms with Crippen molar-refractivity contribution in [3.8, 4) is 11.5 Å². The third-order valence-electron chi connectivity index (χ3n) is 4.71. The zero-order valence-corrected chi connectivity index (χ0v) is 17.8. The zero-order chi connectivity index (χ0) is 22.9. The van der Waals surface area contributed by atoms with Crippen LogP contribution >= 0.6 is 11.3 Å². The lowest BCUT2D eigenvalue weighted by molar-refractivity contribution is -0.137. The van der Waals surface area contributed by atoms with Crippen molar-refractivity contribution in [2.24, 2.45) is 0 Å². The molecule has 6 nitrogen and oxygen atoms in total. The first-order valence-electron chi connectivity index (χ1n) is 9.35. The number of aromatic nitrogens is 1. The molecule has 0 unspecified atom stereocenters. The number of furan rings is 1. The lowest BCUT2D eigenvalue weighted by Crippen LogP contribution is -2.30. The monoisotopic (exact) mass is 462 g/mol. The van der Waals surface area contributed by atoms with Gasteiger partial charge in [-0.05, 0) is 42.5 Å². The van der Waals surface area contributed by atoms with Crippen LogP contribution in [0.25, 0.3) is 10.2 Å². The molecule has 4 aromatic rings. The van der Waals surface area contributed by atoms with Crippen LogP contribution in [0.5, 0.6) is 11.5 Å². The van der Waals surface area contributed by atoms with E-state index in [1.807, 2.05) is 0 Å². The molecule has 4 rings (SSSR count). The SMILES string of the molecule is COc1ccc(OC)c2sc(N(Cc3ccco3)C(=O)c3cccc(C(F)(F)F)c3)nc12. The Morgan fingerprint density at radius 3 is 2.50 bits per heavy atom. The number of amides is 1. The lowest BCUT2D eigenvalue weighted by atomic mass is 10.1. The van der Waals surface area contributed by atoms with Gasteiger partial charge in [-0.3, -0.25) is 9.69 Å². The molecule has 0 N–H and O–H groups in total. The van der Waals surface area contributed by atoms with Gasteiger partial charge >= 0.3 is 6.18 Å². The number of alkyl halides is 3. The highest BCUT2D eigenvalue weighted by atomic mass is 32.1. The van der Waals surface area contributed by atoms with Gasteiger partial charge in [0.05, 0.1) is 32.6 Å². The first-order chi connectivity index (χ1) is 15.3. The summed E-state index contributed by atoms with van der Waals surface area (Å²) >= 11 is 1.17. The Bertz CT molecular complexity index is 1210. The number of nitrogens with zero attached hydrogens (tertiary/aromatic N) is 2. The minimum absolute atomic E-state index is 0.0213. The van der Waals surface area contributed by atoms with E-state index < -0.39 is 17.6 Å². The highest BCUT2D eigenvalue weighted by Crippen LogP contribution is 2.41. The Kier molecular flexibility index (Phi) is 5.79. The number of anilines is 1. The lowest BCUT2D eigenvalue weighted by Gasteiger charge is -2.19. The van der Waals surface area contributed by atoms with Gasteiger partial charge in [0.1, 0.15) is 27.5 Å². The number of carbonyl (C=O) groups is 1. The summed E-state index contributed by atoms with van der Waals surface area (Å²) in [6.07, 6.45) is -3.12. The molecule has 0 saturated carbocycles. The Labute approximate surface area is 184 Å². The fraction of sp³-hybridized carbons (Fsp3) is 0.182. The van der Waals surface area contributed by atoms with Crippen LogP contribution in [-0.2, 0) is 12.7 Å². The minimum atomic E-state index is -4.57. The van der Waals surface area contributed by atoms with Gasteiger partial charge in [-0.15, -0.1) is 0 Å². The minimum Gasteiger partial charge on any atom is -0.495 e. The van der Waals surface area contributed by atoms with E-state index in [4.69, 9.17) is 13.9 Å². The van der Waals surface area contributed by atoms with E-state index >= 15 is 0 Å². The topological polar surface area (TPSA) is 64.8 Å². The number of carbonyl (C=O) groups excluding carboxylic acids is 1. The Morgan fingerprint density at radius 2 is 1.84 bits per heavy atom. The van der Waals surface area contributed by atoms with Gasteiger partial charge in [-0.1, -0.05) is 17.4 Å². The fourth-order valence-electron chi connectivity index (χ4n) is 3.16. The Morgan fingerprint density at radius 1 is 1.09 bits per heavy atom. The number of ether oxygens (including phenoxy) is 2. The van der Waals surface area contributed by atoms with Crippen molar-refractivity contribution >= 4 is 32.6 Å². The number of hydrogen-bond donors (Lipinski definition) is 0. The maximum absolute atomic E-state index is 13.4. The van der Waals surface area contributed by atoms with Gasteiger partial charge in [0.25, 0.3) is 5.91 Å². The predicted molar refractivity (Wildman–Crippen MR) is 113 cm³/mol. The molecule has 0 aliphatic rings. The van der Waals surface area contributed by atoms with Crippen molar-refractivity contribution in [2.75, 3.05) is 19.1 Å². The molecular weight excluding hydrogens is 445 g/mol. The number of thiazole rings is 1. The average molecular weight is 462 g/mol. The Balaban J connectivity index is 1.82. The molecule has 32 heavy (non-hydrogen) atoms. The third kappa shape index (κ3) is 4.13. The fourth-order valence-corrected chi connectivity index (χ4v) is 4.23. The molecule has 0 aliphatic heterocycles. The summed E-state index contributed by atoms with van der Waals surface area (Å²) in [6.45, 7) is -0.0213. The molecule has 1 amide bonds. The van der Waals surface area contributed by atoms with Crippen LogP contribution in [-0.4, -0.2) is 25.1 Å². The Hall–Kier alpha value is -3.53. The molecule has 2 aromatic carbocycles. The molecule has 0 saturated heterocycles. The molecule has 0 spiro atoms. The third-order valence-corrected chi connectivity index (χ3v) is 5.80. The van der Waals surface area contributed by atoms with E-state index in [0.717, 1.165) is 12.1 Å². The largest absolute Gasteiger partial charge is 0.495 e. The highest BCUT2D eigenvalue weighted by Gasteiger charge is 2.32. The van der Waals surface area contributed by atoms with E-state index in [2.05, 4.69) is 4.98 Å².